The molecule has 1 unspecified atom stereocenters. The quantitative estimate of drug-likeness (QED) is 0.916. The fraction of sp³-hybridized carbons (Fsp3) is 0.611. The molecule has 1 aromatic rings. The molecule has 2 rings (SSSR count). The molecule has 1 saturated heterocycles. The van der Waals surface area contributed by atoms with Gasteiger partial charge in [-0.1, -0.05) is 31.2 Å². The van der Waals surface area contributed by atoms with Gasteiger partial charge < -0.3 is 15.4 Å². The van der Waals surface area contributed by atoms with Crippen molar-refractivity contribution >= 4 is 18.3 Å². The van der Waals surface area contributed by atoms with Crippen molar-refractivity contribution in [1.29, 1.82) is 0 Å². The lowest BCUT2D eigenvalue weighted by Crippen LogP contribution is -2.47. The molecule has 23 heavy (non-hydrogen) atoms. The van der Waals surface area contributed by atoms with Gasteiger partial charge in [0.05, 0.1) is 11.5 Å². The first-order valence-corrected chi connectivity index (χ1v) is 8.19. The summed E-state index contributed by atoms with van der Waals surface area (Å²) in [5, 5.41) is 0. The summed E-state index contributed by atoms with van der Waals surface area (Å²) in [5.41, 5.74) is 7.54. The van der Waals surface area contributed by atoms with E-state index in [-0.39, 0.29) is 24.4 Å². The van der Waals surface area contributed by atoms with E-state index in [0.29, 0.717) is 19.7 Å². The highest BCUT2D eigenvalue weighted by atomic mass is 35.5. The van der Waals surface area contributed by atoms with Gasteiger partial charge >= 0.3 is 0 Å². The SMILES string of the molecule is CCc1ccc(C(C)(C)C(=O)N2CCCOC(CN)C2)cc1.Cl. The number of aryl methyl sites for hydroxylation is 1. The lowest BCUT2D eigenvalue weighted by molar-refractivity contribution is -0.137. The highest BCUT2D eigenvalue weighted by molar-refractivity contribution is 5.87. The average molecular weight is 341 g/mol. The first-order valence-electron chi connectivity index (χ1n) is 8.19. The second kappa shape index (κ2) is 8.67. The maximum Gasteiger partial charge on any atom is 0.232 e. The minimum absolute atomic E-state index is 0. The van der Waals surface area contributed by atoms with E-state index in [1.165, 1.54) is 5.56 Å². The van der Waals surface area contributed by atoms with Gasteiger partial charge in [0.25, 0.3) is 0 Å². The van der Waals surface area contributed by atoms with Crippen molar-refractivity contribution < 1.29 is 9.53 Å². The summed E-state index contributed by atoms with van der Waals surface area (Å²) in [6.45, 7) is 8.60. The van der Waals surface area contributed by atoms with Crippen LogP contribution in [0.5, 0.6) is 0 Å². The van der Waals surface area contributed by atoms with Crippen molar-refractivity contribution in [2.24, 2.45) is 5.73 Å². The van der Waals surface area contributed by atoms with E-state index in [1.54, 1.807) is 0 Å². The number of nitrogens with two attached hydrogens (primary N) is 1. The van der Waals surface area contributed by atoms with Gasteiger partial charge in [0.1, 0.15) is 0 Å². The Morgan fingerprint density at radius 2 is 2.00 bits per heavy atom. The van der Waals surface area contributed by atoms with Crippen LogP contribution in [-0.2, 0) is 21.4 Å². The van der Waals surface area contributed by atoms with Crippen LogP contribution < -0.4 is 5.73 Å². The monoisotopic (exact) mass is 340 g/mol. The van der Waals surface area contributed by atoms with Gasteiger partial charge in [-0.3, -0.25) is 4.79 Å². The van der Waals surface area contributed by atoms with E-state index in [1.807, 2.05) is 18.7 Å². The third kappa shape index (κ3) is 4.69. The molecule has 0 aromatic heterocycles. The molecule has 0 aliphatic carbocycles. The minimum Gasteiger partial charge on any atom is -0.375 e. The Bertz CT molecular complexity index is 502. The van der Waals surface area contributed by atoms with Crippen LogP contribution in [0.3, 0.4) is 0 Å². The van der Waals surface area contributed by atoms with Crippen molar-refractivity contribution in [3.05, 3.63) is 35.4 Å². The molecule has 0 radical (unpaired) electrons. The van der Waals surface area contributed by atoms with Crippen LogP contribution in [0.1, 0.15) is 38.3 Å². The predicted molar refractivity (Wildman–Crippen MR) is 96.1 cm³/mol. The summed E-state index contributed by atoms with van der Waals surface area (Å²) in [7, 11) is 0. The molecule has 1 fully saturated rings. The molecule has 1 aliphatic rings. The van der Waals surface area contributed by atoms with E-state index in [2.05, 4.69) is 31.2 Å². The minimum atomic E-state index is -0.532. The summed E-state index contributed by atoms with van der Waals surface area (Å²) in [5.74, 6) is 0.153. The Morgan fingerprint density at radius 1 is 1.35 bits per heavy atom. The third-order valence-electron chi connectivity index (χ3n) is 4.52. The smallest absolute Gasteiger partial charge is 0.232 e. The van der Waals surface area contributed by atoms with Crippen LogP contribution in [0, 0.1) is 0 Å². The molecule has 1 heterocycles. The molecule has 4 nitrogen and oxygen atoms in total. The summed E-state index contributed by atoms with van der Waals surface area (Å²) < 4.78 is 5.66. The van der Waals surface area contributed by atoms with Gasteiger partial charge in [-0.25, -0.2) is 0 Å². The number of amides is 1. The standard InChI is InChI=1S/C18H28N2O2.ClH/c1-4-14-6-8-15(9-7-14)18(2,3)17(21)20-10-5-11-22-16(12-19)13-20;/h6-9,16H,4-5,10-13,19H2,1-3H3;1H. The molecule has 1 aliphatic heterocycles. The molecule has 0 saturated carbocycles. The van der Waals surface area contributed by atoms with Crippen LogP contribution in [0.15, 0.2) is 24.3 Å². The number of rotatable bonds is 4. The van der Waals surface area contributed by atoms with Gasteiger partial charge in [0, 0.05) is 26.2 Å². The zero-order chi connectivity index (χ0) is 16.2. The Kier molecular flexibility index (Phi) is 7.52. The highest BCUT2D eigenvalue weighted by Crippen LogP contribution is 2.27. The number of carbonyl (C=O) groups excluding carboxylic acids is 1. The van der Waals surface area contributed by atoms with Gasteiger partial charge in [-0.05, 0) is 37.8 Å². The van der Waals surface area contributed by atoms with E-state index in [4.69, 9.17) is 10.5 Å². The number of hydrogen-bond donors (Lipinski definition) is 1. The molecule has 2 N–H and O–H groups in total. The number of benzene rings is 1. The summed E-state index contributed by atoms with van der Waals surface area (Å²) >= 11 is 0. The summed E-state index contributed by atoms with van der Waals surface area (Å²) in [6, 6.07) is 8.37. The first-order chi connectivity index (χ1) is 10.5. The maximum atomic E-state index is 13.0. The van der Waals surface area contributed by atoms with E-state index < -0.39 is 5.41 Å². The molecule has 1 aromatic carbocycles. The lowest BCUT2D eigenvalue weighted by Gasteiger charge is -2.32. The van der Waals surface area contributed by atoms with Crippen LogP contribution in [0.25, 0.3) is 0 Å². The van der Waals surface area contributed by atoms with Gasteiger partial charge in [-0.2, -0.15) is 0 Å². The normalized spacial score (nSPS) is 19.0. The Balaban J connectivity index is 0.00000264. The van der Waals surface area contributed by atoms with Crippen LogP contribution in [-0.4, -0.2) is 43.2 Å². The molecule has 1 amide bonds. The Labute approximate surface area is 145 Å². The van der Waals surface area contributed by atoms with Gasteiger partial charge in [0.15, 0.2) is 0 Å². The van der Waals surface area contributed by atoms with Crippen molar-refractivity contribution in [3.8, 4) is 0 Å². The zero-order valence-electron chi connectivity index (χ0n) is 14.4. The fourth-order valence-corrected chi connectivity index (χ4v) is 2.90. The number of ether oxygens (including phenoxy) is 1. The second-order valence-corrected chi connectivity index (χ2v) is 6.51. The fourth-order valence-electron chi connectivity index (χ4n) is 2.90. The largest absolute Gasteiger partial charge is 0.375 e. The molecule has 5 heteroatoms. The Morgan fingerprint density at radius 3 is 2.57 bits per heavy atom. The molecular formula is C18H29ClN2O2. The Hall–Kier alpha value is -1.10. The molecule has 0 bridgehead atoms. The van der Waals surface area contributed by atoms with Gasteiger partial charge in [0.2, 0.25) is 5.91 Å². The summed E-state index contributed by atoms with van der Waals surface area (Å²) in [4.78, 5) is 14.9. The topological polar surface area (TPSA) is 55.6 Å². The number of nitrogens with zero attached hydrogens (tertiary/aromatic N) is 1. The second-order valence-electron chi connectivity index (χ2n) is 6.51. The van der Waals surface area contributed by atoms with Crippen molar-refractivity contribution in [2.45, 2.75) is 45.1 Å². The van der Waals surface area contributed by atoms with Crippen molar-refractivity contribution in [1.82, 2.24) is 4.90 Å². The predicted octanol–water partition coefficient (Wildman–Crippen LogP) is 2.52. The van der Waals surface area contributed by atoms with Crippen LogP contribution in [0.4, 0.5) is 0 Å². The van der Waals surface area contributed by atoms with Crippen molar-refractivity contribution in [2.75, 3.05) is 26.2 Å². The molecule has 1 atom stereocenters. The average Bonchev–Trinajstić information content (AvgIpc) is 2.79. The van der Waals surface area contributed by atoms with E-state index >= 15 is 0 Å². The number of carbonyl (C=O) groups is 1. The highest BCUT2D eigenvalue weighted by Gasteiger charge is 2.35. The summed E-state index contributed by atoms with van der Waals surface area (Å²) in [6.07, 6.45) is 1.83. The van der Waals surface area contributed by atoms with E-state index in [9.17, 15) is 4.79 Å². The van der Waals surface area contributed by atoms with Crippen LogP contribution in [0.2, 0.25) is 0 Å². The third-order valence-corrected chi connectivity index (χ3v) is 4.52. The zero-order valence-corrected chi connectivity index (χ0v) is 15.2. The number of halogens is 1. The van der Waals surface area contributed by atoms with Gasteiger partial charge in [-0.15, -0.1) is 12.4 Å². The lowest BCUT2D eigenvalue weighted by atomic mass is 9.82. The molecular weight excluding hydrogens is 312 g/mol. The first kappa shape index (κ1) is 19.9. The van der Waals surface area contributed by atoms with E-state index in [0.717, 1.165) is 24.9 Å². The molecule has 130 valence electrons. The number of hydrogen-bond acceptors (Lipinski definition) is 3. The van der Waals surface area contributed by atoms with Crippen molar-refractivity contribution in [3.63, 3.8) is 0 Å². The maximum absolute atomic E-state index is 13.0. The molecule has 0 spiro atoms. The van der Waals surface area contributed by atoms with Crippen LogP contribution >= 0.6 is 12.4 Å².